The van der Waals surface area contributed by atoms with Gasteiger partial charge < -0.3 is 15.5 Å². The maximum Gasteiger partial charge on any atom is 0.128 e. The highest BCUT2D eigenvalue weighted by Gasteiger charge is 2.42. The molecule has 0 aliphatic carbocycles. The molecule has 0 saturated carbocycles. The van der Waals surface area contributed by atoms with Gasteiger partial charge in [0.1, 0.15) is 5.84 Å². The summed E-state index contributed by atoms with van der Waals surface area (Å²) in [5.74, 6) is 1.05. The number of nitrogens with zero attached hydrogens (tertiary/aromatic N) is 2. The third kappa shape index (κ3) is 3.83. The lowest BCUT2D eigenvalue weighted by atomic mass is 9.83. The monoisotopic (exact) mass is 382 g/mol. The van der Waals surface area contributed by atoms with Crippen molar-refractivity contribution >= 4 is 28.8 Å². The second-order valence-electron chi connectivity index (χ2n) is 7.80. The van der Waals surface area contributed by atoms with E-state index < -0.39 is 0 Å². The van der Waals surface area contributed by atoms with E-state index in [0.29, 0.717) is 6.04 Å². The number of benzene rings is 2. The molecule has 4 nitrogen and oxygen atoms in total. The van der Waals surface area contributed by atoms with Crippen LogP contribution in [0.3, 0.4) is 0 Å². The maximum atomic E-state index is 6.15. The van der Waals surface area contributed by atoms with Crippen LogP contribution in [0.2, 0.25) is 5.02 Å². The largest absolute Gasteiger partial charge is 0.371 e. The van der Waals surface area contributed by atoms with E-state index in [0.717, 1.165) is 54.7 Å². The minimum atomic E-state index is -0.127. The summed E-state index contributed by atoms with van der Waals surface area (Å²) >= 11 is 6.15. The standard InChI is InChI=1S/C22H27ClN4/c1-16(2)27-12-10-22(11-13-27)21(24-15-17-6-5-7-18(23)14-17)25-19-8-3-4-9-20(19)26-22/h3-9,14,16,26H,10-13,15H2,1-2H3,(H,24,25). The Kier molecular flexibility index (Phi) is 5.11. The first-order valence-electron chi connectivity index (χ1n) is 9.74. The SMILES string of the molecule is CC(C)N1CCC2(CC1)Nc1ccccc1N=C2NCc1cccc(Cl)c1. The number of anilines is 1. The number of likely N-dealkylation sites (tertiary alicyclic amines) is 1. The van der Waals surface area contributed by atoms with Gasteiger partial charge >= 0.3 is 0 Å². The van der Waals surface area contributed by atoms with Crippen molar-refractivity contribution in [1.29, 1.82) is 0 Å². The van der Waals surface area contributed by atoms with E-state index >= 15 is 0 Å². The fourth-order valence-corrected chi connectivity index (χ4v) is 4.26. The Morgan fingerprint density at radius 3 is 2.67 bits per heavy atom. The van der Waals surface area contributed by atoms with E-state index in [1.54, 1.807) is 0 Å². The number of amidine groups is 1. The van der Waals surface area contributed by atoms with E-state index in [4.69, 9.17) is 16.6 Å². The third-order valence-corrected chi connectivity index (χ3v) is 5.93. The van der Waals surface area contributed by atoms with Gasteiger partial charge in [-0.1, -0.05) is 35.9 Å². The Hall–Kier alpha value is -2.04. The van der Waals surface area contributed by atoms with Crippen molar-refractivity contribution in [2.45, 2.75) is 44.8 Å². The molecule has 1 spiro atoms. The topological polar surface area (TPSA) is 39.7 Å². The van der Waals surface area contributed by atoms with Gasteiger partial charge in [-0.3, -0.25) is 0 Å². The van der Waals surface area contributed by atoms with Crippen molar-refractivity contribution in [1.82, 2.24) is 10.2 Å². The molecular formula is C22H27ClN4. The van der Waals surface area contributed by atoms with Crippen LogP contribution >= 0.6 is 11.6 Å². The average Bonchev–Trinajstić information content (AvgIpc) is 2.67. The van der Waals surface area contributed by atoms with Crippen LogP contribution < -0.4 is 10.6 Å². The molecule has 1 saturated heterocycles. The zero-order valence-corrected chi connectivity index (χ0v) is 16.8. The normalized spacial score (nSPS) is 18.7. The van der Waals surface area contributed by atoms with Crippen LogP contribution in [0, 0.1) is 0 Å². The van der Waals surface area contributed by atoms with Crippen LogP contribution in [-0.2, 0) is 6.54 Å². The molecule has 27 heavy (non-hydrogen) atoms. The Morgan fingerprint density at radius 1 is 1.15 bits per heavy atom. The molecule has 2 aliphatic heterocycles. The van der Waals surface area contributed by atoms with Crippen molar-refractivity contribution < 1.29 is 0 Å². The summed E-state index contributed by atoms with van der Waals surface area (Å²) in [6, 6.07) is 16.9. The van der Waals surface area contributed by atoms with E-state index in [1.807, 2.05) is 24.3 Å². The van der Waals surface area contributed by atoms with Crippen molar-refractivity contribution in [3.05, 3.63) is 59.1 Å². The number of hydrogen-bond acceptors (Lipinski definition) is 4. The van der Waals surface area contributed by atoms with E-state index in [9.17, 15) is 0 Å². The van der Waals surface area contributed by atoms with Gasteiger partial charge in [0.05, 0.1) is 16.9 Å². The number of rotatable bonds is 3. The van der Waals surface area contributed by atoms with Gasteiger partial charge in [0.15, 0.2) is 0 Å². The lowest BCUT2D eigenvalue weighted by Gasteiger charge is -2.46. The fraction of sp³-hybridized carbons (Fsp3) is 0.409. The summed E-state index contributed by atoms with van der Waals surface area (Å²) in [6.45, 7) is 7.41. The molecule has 2 aromatic rings. The first-order valence-corrected chi connectivity index (χ1v) is 10.1. The summed E-state index contributed by atoms with van der Waals surface area (Å²) in [4.78, 5) is 7.56. The number of aliphatic imine (C=N–C) groups is 1. The molecule has 5 heteroatoms. The Labute approximate surface area is 166 Å². The quantitative estimate of drug-likeness (QED) is 0.798. The van der Waals surface area contributed by atoms with Crippen LogP contribution in [0.4, 0.5) is 11.4 Å². The Morgan fingerprint density at radius 2 is 1.93 bits per heavy atom. The molecule has 2 heterocycles. The highest BCUT2D eigenvalue weighted by molar-refractivity contribution is 6.30. The van der Waals surface area contributed by atoms with Crippen LogP contribution in [0.25, 0.3) is 0 Å². The number of hydrogen-bond donors (Lipinski definition) is 2. The molecule has 4 rings (SSSR count). The van der Waals surface area contributed by atoms with Crippen LogP contribution in [0.15, 0.2) is 53.5 Å². The summed E-state index contributed by atoms with van der Waals surface area (Å²) in [5, 5.41) is 8.21. The number of nitrogens with one attached hydrogen (secondary N) is 2. The summed E-state index contributed by atoms with van der Waals surface area (Å²) in [6.07, 6.45) is 2.09. The Balaban J connectivity index is 1.59. The van der Waals surface area contributed by atoms with Gasteiger partial charge in [-0.05, 0) is 56.5 Å². The molecule has 0 amide bonds. The molecule has 2 aromatic carbocycles. The molecule has 0 radical (unpaired) electrons. The number of fused-ring (bicyclic) bond motifs is 1. The van der Waals surface area contributed by atoms with Gasteiger partial charge in [0.25, 0.3) is 0 Å². The summed E-state index contributed by atoms with van der Waals surface area (Å²) < 4.78 is 0. The molecule has 0 bridgehead atoms. The molecule has 2 aliphatic rings. The average molecular weight is 383 g/mol. The molecular weight excluding hydrogens is 356 g/mol. The predicted molar refractivity (Wildman–Crippen MR) is 114 cm³/mol. The second-order valence-corrected chi connectivity index (χ2v) is 8.23. The van der Waals surface area contributed by atoms with Gasteiger partial charge in [-0.25, -0.2) is 4.99 Å². The van der Waals surface area contributed by atoms with Crippen molar-refractivity contribution in [2.24, 2.45) is 4.99 Å². The minimum absolute atomic E-state index is 0.127. The summed E-state index contributed by atoms with van der Waals surface area (Å²) in [5.41, 5.74) is 3.17. The number of piperidine rings is 1. The molecule has 142 valence electrons. The first-order chi connectivity index (χ1) is 13.1. The third-order valence-electron chi connectivity index (χ3n) is 5.69. The van der Waals surface area contributed by atoms with Gasteiger partial charge in [-0.15, -0.1) is 0 Å². The molecule has 0 unspecified atom stereocenters. The van der Waals surface area contributed by atoms with E-state index in [2.05, 4.69) is 53.6 Å². The lowest BCUT2D eigenvalue weighted by Crippen LogP contribution is -2.59. The summed E-state index contributed by atoms with van der Waals surface area (Å²) in [7, 11) is 0. The zero-order valence-electron chi connectivity index (χ0n) is 16.0. The molecule has 2 N–H and O–H groups in total. The van der Waals surface area contributed by atoms with Crippen molar-refractivity contribution in [3.8, 4) is 0 Å². The van der Waals surface area contributed by atoms with E-state index in [1.165, 1.54) is 5.56 Å². The molecule has 0 aromatic heterocycles. The highest BCUT2D eigenvalue weighted by Crippen LogP contribution is 2.38. The van der Waals surface area contributed by atoms with Gasteiger partial charge in [-0.2, -0.15) is 0 Å². The maximum absolute atomic E-state index is 6.15. The van der Waals surface area contributed by atoms with Crippen molar-refractivity contribution in [2.75, 3.05) is 18.4 Å². The number of halogens is 1. The van der Waals surface area contributed by atoms with Crippen LogP contribution in [0.5, 0.6) is 0 Å². The zero-order chi connectivity index (χ0) is 18.9. The lowest BCUT2D eigenvalue weighted by molar-refractivity contribution is 0.162. The van der Waals surface area contributed by atoms with Gasteiger partial charge in [0.2, 0.25) is 0 Å². The predicted octanol–water partition coefficient (Wildman–Crippen LogP) is 4.83. The minimum Gasteiger partial charge on any atom is -0.371 e. The number of para-hydroxylation sites is 2. The van der Waals surface area contributed by atoms with E-state index in [-0.39, 0.29) is 5.54 Å². The second kappa shape index (κ2) is 7.53. The Bertz CT molecular complexity index is 838. The van der Waals surface area contributed by atoms with Crippen molar-refractivity contribution in [3.63, 3.8) is 0 Å². The fourth-order valence-electron chi connectivity index (χ4n) is 4.05. The van der Waals surface area contributed by atoms with Crippen LogP contribution in [0.1, 0.15) is 32.3 Å². The first kappa shape index (κ1) is 18.3. The molecule has 1 fully saturated rings. The van der Waals surface area contributed by atoms with Crippen LogP contribution in [-0.4, -0.2) is 35.4 Å². The smallest absolute Gasteiger partial charge is 0.128 e. The highest BCUT2D eigenvalue weighted by atomic mass is 35.5. The molecule has 0 atom stereocenters. The van der Waals surface area contributed by atoms with Gasteiger partial charge in [0, 0.05) is 30.7 Å².